The van der Waals surface area contributed by atoms with Crippen LogP contribution in [0.25, 0.3) is 0 Å². The number of carboxylic acids is 1. The van der Waals surface area contributed by atoms with Crippen molar-refractivity contribution in [2.24, 2.45) is 0 Å². The first-order valence-electron chi connectivity index (χ1n) is 12.7. The lowest BCUT2D eigenvalue weighted by Gasteiger charge is -2.37. The van der Waals surface area contributed by atoms with E-state index in [-0.39, 0.29) is 0 Å². The van der Waals surface area contributed by atoms with Crippen molar-refractivity contribution >= 4 is 17.8 Å². The van der Waals surface area contributed by atoms with Gasteiger partial charge in [0.1, 0.15) is 23.7 Å². The van der Waals surface area contributed by atoms with Crippen LogP contribution in [0.3, 0.4) is 0 Å². The van der Waals surface area contributed by atoms with E-state index in [1.165, 1.54) is 14.2 Å². The Morgan fingerprint density at radius 3 is 1.71 bits per heavy atom. The average molecular weight is 590 g/mol. The molecule has 0 aliphatic heterocycles. The molecule has 9 nitrogen and oxygen atoms in total. The molecule has 0 fully saturated rings. The van der Waals surface area contributed by atoms with Crippen molar-refractivity contribution < 1.29 is 51.6 Å². The number of carbonyl (C=O) groups is 3. The van der Waals surface area contributed by atoms with Gasteiger partial charge in [-0.1, -0.05) is 54.6 Å². The highest BCUT2D eigenvalue weighted by atomic mass is 19.4. The van der Waals surface area contributed by atoms with Gasteiger partial charge in [0.25, 0.3) is 0 Å². The highest BCUT2D eigenvalue weighted by Gasteiger charge is 2.42. The van der Waals surface area contributed by atoms with Crippen LogP contribution in [0.1, 0.15) is 29.5 Å². The van der Waals surface area contributed by atoms with E-state index in [1.54, 1.807) is 78.9 Å². The molecular weight excluding hydrogens is 559 g/mol. The molecule has 0 aromatic heterocycles. The molecule has 0 saturated carbocycles. The van der Waals surface area contributed by atoms with Crippen LogP contribution in [-0.2, 0) is 29.5 Å². The number of hydrogen-bond donors (Lipinski definition) is 2. The summed E-state index contributed by atoms with van der Waals surface area (Å²) in [5.41, 5.74) is 0.353. The van der Waals surface area contributed by atoms with Gasteiger partial charge in [-0.15, -0.1) is 0 Å². The van der Waals surface area contributed by atoms with Crippen LogP contribution in [-0.4, -0.2) is 62.6 Å². The highest BCUT2D eigenvalue weighted by molar-refractivity contribution is 5.82. The van der Waals surface area contributed by atoms with Crippen molar-refractivity contribution in [2.75, 3.05) is 27.4 Å². The molecule has 3 aromatic carbocycles. The molecule has 1 unspecified atom stereocenters. The number of nitrogens with one attached hydrogen (secondary N) is 1. The highest BCUT2D eigenvalue weighted by Crippen LogP contribution is 2.41. The fourth-order valence-electron chi connectivity index (χ4n) is 4.17. The lowest BCUT2D eigenvalue weighted by molar-refractivity contribution is -0.176. The molecule has 3 aromatic rings. The maximum absolute atomic E-state index is 13.2. The first kappa shape index (κ1) is 31.9. The Kier molecular flexibility index (Phi) is 10.9. The predicted octanol–water partition coefficient (Wildman–Crippen LogP) is 4.47. The SMILES string of the molecule is COc1ccc(C(OCC(COC(=O)CCC(=O)O)NC(=O)C(F)(F)F)(c2ccccc2)c2ccc(OC)cc2)cc1. The second kappa shape index (κ2) is 14.4. The summed E-state index contributed by atoms with van der Waals surface area (Å²) < 4.78 is 61.6. The molecule has 0 aliphatic rings. The van der Waals surface area contributed by atoms with Crippen LogP contribution in [0, 0.1) is 0 Å². The molecule has 42 heavy (non-hydrogen) atoms. The Morgan fingerprint density at radius 2 is 1.26 bits per heavy atom. The van der Waals surface area contributed by atoms with Gasteiger partial charge in [-0.2, -0.15) is 13.2 Å². The molecule has 0 radical (unpaired) electrons. The van der Waals surface area contributed by atoms with E-state index in [1.807, 2.05) is 5.32 Å². The molecule has 224 valence electrons. The number of ether oxygens (including phenoxy) is 4. The Hall–Kier alpha value is -4.58. The number of amides is 1. The van der Waals surface area contributed by atoms with E-state index in [4.69, 9.17) is 24.1 Å². The second-order valence-electron chi connectivity index (χ2n) is 9.06. The zero-order valence-electron chi connectivity index (χ0n) is 22.9. The number of benzene rings is 3. The van der Waals surface area contributed by atoms with Crippen molar-refractivity contribution in [1.82, 2.24) is 5.32 Å². The van der Waals surface area contributed by atoms with Gasteiger partial charge < -0.3 is 29.4 Å². The topological polar surface area (TPSA) is 120 Å². The summed E-state index contributed by atoms with van der Waals surface area (Å²) >= 11 is 0. The van der Waals surface area contributed by atoms with Crippen LogP contribution >= 0.6 is 0 Å². The molecule has 0 heterocycles. The normalized spacial score (nSPS) is 12.2. The summed E-state index contributed by atoms with van der Waals surface area (Å²) in [5, 5.41) is 10.6. The van der Waals surface area contributed by atoms with E-state index < -0.39 is 61.7 Å². The minimum atomic E-state index is -5.21. The number of aliphatic carboxylic acids is 1. The molecule has 1 atom stereocenters. The molecule has 0 aliphatic carbocycles. The number of halogens is 3. The minimum absolute atomic E-state index is 0.498. The number of alkyl halides is 3. The molecule has 2 N–H and O–H groups in total. The maximum Gasteiger partial charge on any atom is 0.471 e. The zero-order valence-corrected chi connectivity index (χ0v) is 22.9. The third-order valence-electron chi connectivity index (χ3n) is 6.26. The van der Waals surface area contributed by atoms with E-state index >= 15 is 0 Å². The number of carboxylic acid groups (broad SMARTS) is 1. The van der Waals surface area contributed by atoms with Gasteiger partial charge in [0, 0.05) is 0 Å². The minimum Gasteiger partial charge on any atom is -0.497 e. The summed E-state index contributed by atoms with van der Waals surface area (Å²) in [6, 6.07) is 21.2. The van der Waals surface area contributed by atoms with Gasteiger partial charge in [-0.3, -0.25) is 14.4 Å². The van der Waals surface area contributed by atoms with Crippen LogP contribution in [0.15, 0.2) is 78.9 Å². The number of methoxy groups -OCH3 is 2. The Bertz CT molecular complexity index is 1280. The third kappa shape index (κ3) is 8.23. The Balaban J connectivity index is 2.06. The van der Waals surface area contributed by atoms with Gasteiger partial charge in [-0.25, -0.2) is 0 Å². The zero-order chi connectivity index (χ0) is 30.8. The molecule has 3 rings (SSSR count). The largest absolute Gasteiger partial charge is 0.497 e. The van der Waals surface area contributed by atoms with E-state index in [0.717, 1.165) is 0 Å². The molecule has 0 saturated heterocycles. The Labute approximate surface area is 240 Å². The van der Waals surface area contributed by atoms with Crippen molar-refractivity contribution in [3.05, 3.63) is 95.6 Å². The number of rotatable bonds is 14. The standard InChI is InChI=1S/C30H30F3NO8/c1-39-24-12-8-21(9-13-24)29(20-6-4-3-5-7-20,22-10-14-25(40-2)15-11-22)42-19-23(34-28(38)30(31,32)33)18-41-27(37)17-16-26(35)36/h3-15,23H,16-19H2,1-2H3,(H,34,38)(H,35,36). The van der Waals surface area contributed by atoms with Crippen molar-refractivity contribution in [2.45, 2.75) is 30.7 Å². The number of hydrogen-bond acceptors (Lipinski definition) is 7. The average Bonchev–Trinajstić information content (AvgIpc) is 2.99. The number of esters is 1. The fraction of sp³-hybridized carbons (Fsp3) is 0.300. The van der Waals surface area contributed by atoms with Gasteiger partial charge in [0.15, 0.2) is 0 Å². The first-order valence-corrected chi connectivity index (χ1v) is 12.7. The second-order valence-corrected chi connectivity index (χ2v) is 9.06. The van der Waals surface area contributed by atoms with Crippen LogP contribution in [0.4, 0.5) is 13.2 Å². The van der Waals surface area contributed by atoms with Gasteiger partial charge in [0.2, 0.25) is 0 Å². The van der Waals surface area contributed by atoms with Gasteiger partial charge in [-0.05, 0) is 41.0 Å². The lowest BCUT2D eigenvalue weighted by Crippen LogP contribution is -2.49. The molecule has 0 spiro atoms. The van der Waals surface area contributed by atoms with E-state index in [0.29, 0.717) is 28.2 Å². The van der Waals surface area contributed by atoms with Crippen LogP contribution < -0.4 is 14.8 Å². The third-order valence-corrected chi connectivity index (χ3v) is 6.26. The summed E-state index contributed by atoms with van der Waals surface area (Å²) in [6.07, 6.45) is -6.24. The predicted molar refractivity (Wildman–Crippen MR) is 144 cm³/mol. The van der Waals surface area contributed by atoms with E-state index in [9.17, 15) is 27.6 Å². The molecule has 1 amide bonds. The lowest BCUT2D eigenvalue weighted by atomic mass is 9.80. The molecule has 0 bridgehead atoms. The quantitative estimate of drug-likeness (QED) is 0.209. The maximum atomic E-state index is 13.2. The first-order chi connectivity index (χ1) is 20.0. The fourth-order valence-corrected chi connectivity index (χ4v) is 4.17. The summed E-state index contributed by atoms with van der Waals surface area (Å²) in [4.78, 5) is 34.7. The van der Waals surface area contributed by atoms with Crippen molar-refractivity contribution in [3.63, 3.8) is 0 Å². The van der Waals surface area contributed by atoms with Gasteiger partial charge >= 0.3 is 24.0 Å². The smallest absolute Gasteiger partial charge is 0.471 e. The monoisotopic (exact) mass is 589 g/mol. The van der Waals surface area contributed by atoms with Gasteiger partial charge in [0.05, 0.1) is 39.7 Å². The molecular formula is C30H30F3NO8. The summed E-state index contributed by atoms with van der Waals surface area (Å²) in [6.45, 7) is -1.24. The van der Waals surface area contributed by atoms with E-state index in [2.05, 4.69) is 0 Å². The molecule has 12 heteroatoms. The summed E-state index contributed by atoms with van der Waals surface area (Å²) in [7, 11) is 3.01. The summed E-state index contributed by atoms with van der Waals surface area (Å²) in [5.74, 6) is -3.35. The van der Waals surface area contributed by atoms with Crippen LogP contribution in [0.2, 0.25) is 0 Å². The van der Waals surface area contributed by atoms with Crippen molar-refractivity contribution in [1.29, 1.82) is 0 Å². The van der Waals surface area contributed by atoms with Crippen LogP contribution in [0.5, 0.6) is 11.5 Å². The Morgan fingerprint density at radius 1 is 0.762 bits per heavy atom. The number of carbonyl (C=O) groups excluding carboxylic acids is 2. The van der Waals surface area contributed by atoms with Crippen molar-refractivity contribution in [3.8, 4) is 11.5 Å².